The molecule has 6 heteroatoms. The van der Waals surface area contributed by atoms with Crippen LogP contribution >= 0.6 is 27.5 Å². The standard InChI is InChI=1S/C15H17BrClN3O/c1-15(2,3)20-9-10-7-18-14(19-8-10)21-13-5-4-11(16)6-12(13)17/h4-8,20H,9H2,1-3H3. The van der Waals surface area contributed by atoms with Gasteiger partial charge in [-0.25, -0.2) is 9.97 Å². The minimum Gasteiger partial charge on any atom is -0.423 e. The Balaban J connectivity index is 2.02. The molecule has 1 aromatic heterocycles. The van der Waals surface area contributed by atoms with Crippen molar-refractivity contribution in [2.75, 3.05) is 0 Å². The van der Waals surface area contributed by atoms with Crippen molar-refractivity contribution in [3.05, 3.63) is 45.7 Å². The summed E-state index contributed by atoms with van der Waals surface area (Å²) in [6.07, 6.45) is 3.49. The second-order valence-electron chi connectivity index (χ2n) is 5.65. The van der Waals surface area contributed by atoms with Gasteiger partial charge in [-0.15, -0.1) is 0 Å². The molecule has 112 valence electrons. The van der Waals surface area contributed by atoms with Crippen LogP contribution < -0.4 is 10.1 Å². The molecule has 0 aliphatic carbocycles. The van der Waals surface area contributed by atoms with Gasteiger partial charge in [-0.3, -0.25) is 0 Å². The number of hydrogen-bond donors (Lipinski definition) is 1. The van der Waals surface area contributed by atoms with E-state index in [0.717, 1.165) is 10.0 Å². The number of nitrogens with one attached hydrogen (secondary N) is 1. The van der Waals surface area contributed by atoms with E-state index in [9.17, 15) is 0 Å². The number of nitrogens with zero attached hydrogens (tertiary/aromatic N) is 2. The van der Waals surface area contributed by atoms with Crippen molar-refractivity contribution in [1.82, 2.24) is 15.3 Å². The molecular formula is C15H17BrClN3O. The molecule has 4 nitrogen and oxygen atoms in total. The van der Waals surface area contributed by atoms with E-state index in [0.29, 0.717) is 17.3 Å². The first-order chi connectivity index (χ1) is 9.83. The van der Waals surface area contributed by atoms with Crippen molar-refractivity contribution in [2.45, 2.75) is 32.9 Å². The third-order valence-electron chi connectivity index (χ3n) is 2.60. The number of rotatable bonds is 4. The van der Waals surface area contributed by atoms with E-state index < -0.39 is 0 Å². The van der Waals surface area contributed by atoms with Crippen molar-refractivity contribution in [2.24, 2.45) is 0 Å². The molecule has 1 N–H and O–H groups in total. The van der Waals surface area contributed by atoms with Crippen molar-refractivity contribution in [3.8, 4) is 11.8 Å². The average molecular weight is 371 g/mol. The lowest BCUT2D eigenvalue weighted by Gasteiger charge is -2.20. The molecule has 1 aromatic carbocycles. The summed E-state index contributed by atoms with van der Waals surface area (Å²) in [6, 6.07) is 5.66. The minimum atomic E-state index is 0.0557. The molecule has 2 aromatic rings. The number of halogens is 2. The molecule has 0 bridgehead atoms. The zero-order valence-corrected chi connectivity index (χ0v) is 14.5. The summed E-state index contributed by atoms with van der Waals surface area (Å²) in [5.74, 6) is 0.528. The van der Waals surface area contributed by atoms with Crippen LogP contribution in [0.4, 0.5) is 0 Å². The first-order valence-electron chi connectivity index (χ1n) is 6.52. The predicted molar refractivity (Wildman–Crippen MR) is 87.9 cm³/mol. The van der Waals surface area contributed by atoms with Crippen LogP contribution in [0.2, 0.25) is 5.02 Å². The summed E-state index contributed by atoms with van der Waals surface area (Å²) < 4.78 is 6.46. The Labute approximate surface area is 138 Å². The fraction of sp³-hybridized carbons (Fsp3) is 0.333. The summed E-state index contributed by atoms with van der Waals surface area (Å²) in [5, 5.41) is 3.88. The lowest BCUT2D eigenvalue weighted by Crippen LogP contribution is -2.35. The monoisotopic (exact) mass is 369 g/mol. The van der Waals surface area contributed by atoms with E-state index in [1.54, 1.807) is 24.5 Å². The highest BCUT2D eigenvalue weighted by molar-refractivity contribution is 9.10. The van der Waals surface area contributed by atoms with Gasteiger partial charge in [0, 0.05) is 34.5 Å². The van der Waals surface area contributed by atoms with Gasteiger partial charge in [0.05, 0.1) is 5.02 Å². The Kier molecular flexibility index (Phi) is 5.19. The molecule has 0 atom stereocenters. The van der Waals surface area contributed by atoms with Crippen molar-refractivity contribution < 1.29 is 4.74 Å². The molecule has 0 saturated carbocycles. The van der Waals surface area contributed by atoms with Crippen LogP contribution in [0.3, 0.4) is 0 Å². The molecule has 0 saturated heterocycles. The molecule has 21 heavy (non-hydrogen) atoms. The maximum absolute atomic E-state index is 6.09. The van der Waals surface area contributed by atoms with Crippen LogP contribution in [-0.2, 0) is 6.54 Å². The second kappa shape index (κ2) is 6.73. The van der Waals surface area contributed by atoms with Gasteiger partial charge in [0.2, 0.25) is 0 Å². The number of hydrogen-bond acceptors (Lipinski definition) is 4. The highest BCUT2D eigenvalue weighted by atomic mass is 79.9. The number of benzene rings is 1. The van der Waals surface area contributed by atoms with Crippen LogP contribution in [0, 0.1) is 0 Å². The predicted octanol–water partition coefficient (Wildman–Crippen LogP) is 4.57. The highest BCUT2D eigenvalue weighted by Gasteiger charge is 2.09. The molecule has 0 fully saturated rings. The highest BCUT2D eigenvalue weighted by Crippen LogP contribution is 2.30. The molecular weight excluding hydrogens is 354 g/mol. The third kappa shape index (κ3) is 5.26. The molecule has 0 aliphatic heterocycles. The fourth-order valence-corrected chi connectivity index (χ4v) is 2.22. The lowest BCUT2D eigenvalue weighted by molar-refractivity contribution is 0.420. The molecule has 0 unspecified atom stereocenters. The topological polar surface area (TPSA) is 47.0 Å². The van der Waals surface area contributed by atoms with Gasteiger partial charge in [0.25, 0.3) is 0 Å². The Morgan fingerprint density at radius 2 is 1.90 bits per heavy atom. The summed E-state index contributed by atoms with van der Waals surface area (Å²) in [4.78, 5) is 8.39. The maximum atomic E-state index is 6.09. The SMILES string of the molecule is CC(C)(C)NCc1cnc(Oc2ccc(Br)cc2Cl)nc1. The number of ether oxygens (including phenoxy) is 1. The maximum Gasteiger partial charge on any atom is 0.321 e. The Morgan fingerprint density at radius 1 is 1.24 bits per heavy atom. The van der Waals surface area contributed by atoms with Gasteiger partial charge < -0.3 is 10.1 Å². The fourth-order valence-electron chi connectivity index (χ4n) is 1.51. The smallest absolute Gasteiger partial charge is 0.321 e. The molecule has 1 heterocycles. The minimum absolute atomic E-state index is 0.0557. The molecule has 0 spiro atoms. The normalized spacial score (nSPS) is 11.5. The average Bonchev–Trinajstić information content (AvgIpc) is 2.40. The lowest BCUT2D eigenvalue weighted by atomic mass is 10.1. The first kappa shape index (κ1) is 16.2. The van der Waals surface area contributed by atoms with Crippen LogP contribution in [0.5, 0.6) is 11.8 Å². The molecule has 2 rings (SSSR count). The molecule has 0 amide bonds. The summed E-state index contributed by atoms with van der Waals surface area (Å²) in [6.45, 7) is 7.05. The van der Waals surface area contributed by atoms with Gasteiger partial charge in [-0.05, 0) is 39.0 Å². The van der Waals surface area contributed by atoms with Crippen LogP contribution in [0.25, 0.3) is 0 Å². The third-order valence-corrected chi connectivity index (χ3v) is 3.39. The van der Waals surface area contributed by atoms with Crippen molar-refractivity contribution in [1.29, 1.82) is 0 Å². The summed E-state index contributed by atoms with van der Waals surface area (Å²) >= 11 is 9.44. The molecule has 0 radical (unpaired) electrons. The van der Waals surface area contributed by atoms with Gasteiger partial charge >= 0.3 is 6.01 Å². The van der Waals surface area contributed by atoms with E-state index in [1.165, 1.54) is 0 Å². The summed E-state index contributed by atoms with van der Waals surface area (Å²) in [5.41, 5.74) is 1.05. The van der Waals surface area contributed by atoms with E-state index in [-0.39, 0.29) is 11.5 Å². The van der Waals surface area contributed by atoms with E-state index in [4.69, 9.17) is 16.3 Å². The zero-order chi connectivity index (χ0) is 15.5. The summed E-state index contributed by atoms with van der Waals surface area (Å²) in [7, 11) is 0. The Morgan fingerprint density at radius 3 is 2.48 bits per heavy atom. The van der Waals surface area contributed by atoms with Crippen molar-refractivity contribution in [3.63, 3.8) is 0 Å². The first-order valence-corrected chi connectivity index (χ1v) is 7.69. The van der Waals surface area contributed by atoms with Crippen LogP contribution in [-0.4, -0.2) is 15.5 Å². The Hall–Kier alpha value is -1.17. The Bertz CT molecular complexity index is 611. The van der Waals surface area contributed by atoms with Crippen LogP contribution in [0.15, 0.2) is 35.1 Å². The van der Waals surface area contributed by atoms with E-state index >= 15 is 0 Å². The zero-order valence-electron chi connectivity index (χ0n) is 12.2. The van der Waals surface area contributed by atoms with Gasteiger partial charge in [-0.1, -0.05) is 27.5 Å². The molecule has 0 aliphatic rings. The largest absolute Gasteiger partial charge is 0.423 e. The van der Waals surface area contributed by atoms with Gasteiger partial charge in [0.1, 0.15) is 5.75 Å². The van der Waals surface area contributed by atoms with E-state index in [1.807, 2.05) is 6.07 Å². The quantitative estimate of drug-likeness (QED) is 0.856. The van der Waals surface area contributed by atoms with Crippen molar-refractivity contribution >= 4 is 27.5 Å². The van der Waals surface area contributed by atoms with Gasteiger partial charge in [0.15, 0.2) is 0 Å². The second-order valence-corrected chi connectivity index (χ2v) is 6.98. The van der Waals surface area contributed by atoms with Crippen LogP contribution in [0.1, 0.15) is 26.3 Å². The number of aromatic nitrogens is 2. The van der Waals surface area contributed by atoms with Gasteiger partial charge in [-0.2, -0.15) is 0 Å². The van der Waals surface area contributed by atoms with E-state index in [2.05, 4.69) is 52.0 Å².